The number of esters is 1. The molecule has 2 atom stereocenters. The highest BCUT2D eigenvalue weighted by molar-refractivity contribution is 5.95. The van der Waals surface area contributed by atoms with E-state index < -0.39 is 24.3 Å². The van der Waals surface area contributed by atoms with Crippen molar-refractivity contribution in [1.29, 1.82) is 0 Å². The lowest BCUT2D eigenvalue weighted by Gasteiger charge is -2.28. The van der Waals surface area contributed by atoms with Crippen LogP contribution in [0, 0.1) is 0 Å². The van der Waals surface area contributed by atoms with E-state index in [2.05, 4.69) is 21.2 Å². The molecule has 1 aliphatic rings. The summed E-state index contributed by atoms with van der Waals surface area (Å²) in [6.07, 6.45) is 1.84. The van der Waals surface area contributed by atoms with Crippen LogP contribution < -0.4 is 25.5 Å². The molecule has 2 heterocycles. The average molecular weight is 458 g/mol. The lowest BCUT2D eigenvalue weighted by molar-refractivity contribution is -0.136. The molecule has 3 rings (SSSR count). The van der Waals surface area contributed by atoms with Crippen molar-refractivity contribution in [1.82, 2.24) is 16.1 Å². The Balaban J connectivity index is 1.73. The van der Waals surface area contributed by atoms with E-state index in [0.29, 0.717) is 35.1 Å². The van der Waals surface area contributed by atoms with Gasteiger partial charge in [-0.3, -0.25) is 5.43 Å². The third kappa shape index (κ3) is 6.04. The number of hydrazone groups is 1. The zero-order valence-electron chi connectivity index (χ0n) is 18.5. The van der Waals surface area contributed by atoms with E-state index in [1.54, 1.807) is 37.3 Å². The summed E-state index contributed by atoms with van der Waals surface area (Å²) in [5, 5.41) is 19.2. The number of ether oxygens (including phenoxy) is 3. The van der Waals surface area contributed by atoms with Gasteiger partial charge in [0, 0.05) is 5.70 Å². The van der Waals surface area contributed by atoms with Gasteiger partial charge in [-0.05, 0) is 43.7 Å². The predicted octanol–water partition coefficient (Wildman–Crippen LogP) is 1.80. The van der Waals surface area contributed by atoms with Crippen molar-refractivity contribution in [3.63, 3.8) is 0 Å². The Morgan fingerprint density at radius 2 is 2.15 bits per heavy atom. The van der Waals surface area contributed by atoms with Crippen LogP contribution >= 0.6 is 0 Å². The Kier molecular flexibility index (Phi) is 7.92. The minimum Gasteiger partial charge on any atom is -0.490 e. The standard InChI is InChI=1S/C22H26N4O7/c1-4-31-17-10-14(20-19(21(28)30-3)13(2)24-22(29)25-20)7-8-16(17)33-12-18(27)26-23-11-15-6-5-9-32-15/h5-11,18,20,26-27H,4,12H2,1-3H3,(H2,24,25,29)/b23-11-/t18-,20-/m0/s1. The molecule has 0 unspecified atom stereocenters. The van der Waals surface area contributed by atoms with Crippen molar-refractivity contribution < 1.29 is 33.3 Å². The summed E-state index contributed by atoms with van der Waals surface area (Å²) >= 11 is 0. The lowest BCUT2D eigenvalue weighted by Crippen LogP contribution is -2.45. The fraction of sp³-hybridized carbons (Fsp3) is 0.318. The molecule has 176 valence electrons. The summed E-state index contributed by atoms with van der Waals surface area (Å²) in [5.41, 5.74) is 3.81. The van der Waals surface area contributed by atoms with E-state index in [4.69, 9.17) is 18.6 Å². The minimum atomic E-state index is -1.09. The van der Waals surface area contributed by atoms with Crippen LogP contribution in [0.25, 0.3) is 0 Å². The number of benzene rings is 1. The van der Waals surface area contributed by atoms with Crippen LogP contribution in [-0.2, 0) is 9.53 Å². The maximum atomic E-state index is 12.3. The van der Waals surface area contributed by atoms with E-state index in [0.717, 1.165) is 0 Å². The number of aliphatic hydroxyl groups is 1. The highest BCUT2D eigenvalue weighted by atomic mass is 16.5. The number of nitrogens with zero attached hydrogens (tertiary/aromatic N) is 1. The van der Waals surface area contributed by atoms with Crippen molar-refractivity contribution in [3.8, 4) is 11.5 Å². The van der Waals surface area contributed by atoms with Crippen LogP contribution in [0.1, 0.15) is 31.2 Å². The number of carbonyl (C=O) groups is 2. The Morgan fingerprint density at radius 3 is 2.85 bits per heavy atom. The topological polar surface area (TPSA) is 144 Å². The third-order valence-electron chi connectivity index (χ3n) is 4.63. The van der Waals surface area contributed by atoms with Gasteiger partial charge in [0.1, 0.15) is 12.4 Å². The number of methoxy groups -OCH3 is 1. The summed E-state index contributed by atoms with van der Waals surface area (Å²) in [4.78, 5) is 24.3. The summed E-state index contributed by atoms with van der Waals surface area (Å²) in [6, 6.07) is 7.27. The number of urea groups is 1. The minimum absolute atomic E-state index is 0.120. The molecule has 0 aliphatic carbocycles. The number of rotatable bonds is 10. The van der Waals surface area contributed by atoms with E-state index in [1.165, 1.54) is 19.6 Å². The smallest absolute Gasteiger partial charge is 0.337 e. The van der Waals surface area contributed by atoms with Crippen molar-refractivity contribution in [3.05, 3.63) is 59.2 Å². The quantitative estimate of drug-likeness (QED) is 0.183. The number of hydrogen-bond donors (Lipinski definition) is 4. The molecule has 1 aromatic heterocycles. The van der Waals surface area contributed by atoms with Gasteiger partial charge >= 0.3 is 12.0 Å². The molecule has 1 aromatic carbocycles. The Bertz CT molecular complexity index is 1030. The van der Waals surface area contributed by atoms with Gasteiger partial charge in [-0.1, -0.05) is 6.07 Å². The lowest BCUT2D eigenvalue weighted by atomic mass is 9.95. The number of amides is 2. The monoisotopic (exact) mass is 458 g/mol. The van der Waals surface area contributed by atoms with E-state index in [1.807, 2.05) is 6.92 Å². The van der Waals surface area contributed by atoms with Crippen LogP contribution in [0.2, 0.25) is 0 Å². The van der Waals surface area contributed by atoms with Crippen LogP contribution in [0.15, 0.2) is 57.4 Å². The highest BCUT2D eigenvalue weighted by Gasteiger charge is 2.32. The first-order valence-electron chi connectivity index (χ1n) is 10.2. The SMILES string of the molecule is CCOc1cc([C@@H]2NC(=O)NC(C)=C2C(=O)OC)ccc1OC[C@H](O)N/N=C\c1ccco1. The molecule has 4 N–H and O–H groups in total. The van der Waals surface area contributed by atoms with Crippen molar-refractivity contribution >= 4 is 18.2 Å². The van der Waals surface area contributed by atoms with Gasteiger partial charge in [-0.2, -0.15) is 5.10 Å². The van der Waals surface area contributed by atoms with Crippen molar-refractivity contribution in [2.75, 3.05) is 20.3 Å². The predicted molar refractivity (Wildman–Crippen MR) is 118 cm³/mol. The molecule has 0 saturated carbocycles. The Labute approximate surface area is 190 Å². The normalized spacial score (nSPS) is 16.7. The molecular formula is C22H26N4O7. The molecule has 33 heavy (non-hydrogen) atoms. The molecule has 0 bridgehead atoms. The molecule has 0 fully saturated rings. The first-order chi connectivity index (χ1) is 15.9. The van der Waals surface area contributed by atoms with Gasteiger partial charge in [-0.25, -0.2) is 9.59 Å². The molecule has 11 heteroatoms. The number of nitrogens with one attached hydrogen (secondary N) is 3. The number of furan rings is 1. The molecule has 1 aliphatic heterocycles. The zero-order chi connectivity index (χ0) is 23.8. The molecule has 0 radical (unpaired) electrons. The first kappa shape index (κ1) is 23.7. The Morgan fingerprint density at radius 1 is 1.33 bits per heavy atom. The number of hydrogen-bond acceptors (Lipinski definition) is 9. The average Bonchev–Trinajstić information content (AvgIpc) is 3.31. The fourth-order valence-corrected chi connectivity index (χ4v) is 3.17. The maximum Gasteiger partial charge on any atom is 0.337 e. The summed E-state index contributed by atoms with van der Waals surface area (Å²) < 4.78 is 21.3. The van der Waals surface area contributed by atoms with Crippen molar-refractivity contribution in [2.45, 2.75) is 26.1 Å². The maximum absolute atomic E-state index is 12.3. The highest BCUT2D eigenvalue weighted by Crippen LogP contribution is 2.34. The van der Waals surface area contributed by atoms with Gasteiger partial charge < -0.3 is 34.4 Å². The number of carbonyl (C=O) groups excluding carboxylic acids is 2. The van der Waals surface area contributed by atoms with E-state index >= 15 is 0 Å². The van der Waals surface area contributed by atoms with Crippen LogP contribution in [0.5, 0.6) is 11.5 Å². The summed E-state index contributed by atoms with van der Waals surface area (Å²) in [6.45, 7) is 3.67. The zero-order valence-corrected chi connectivity index (χ0v) is 18.5. The van der Waals surface area contributed by atoms with Gasteiger partial charge in [0.15, 0.2) is 17.7 Å². The second-order valence-electron chi connectivity index (χ2n) is 6.93. The second kappa shape index (κ2) is 11.0. The van der Waals surface area contributed by atoms with Crippen LogP contribution in [-0.4, -0.2) is 49.9 Å². The first-order valence-corrected chi connectivity index (χ1v) is 10.2. The molecule has 11 nitrogen and oxygen atoms in total. The second-order valence-corrected chi connectivity index (χ2v) is 6.93. The molecular weight excluding hydrogens is 432 g/mol. The molecule has 2 amide bonds. The Hall–Kier alpha value is -3.99. The third-order valence-corrected chi connectivity index (χ3v) is 4.63. The van der Waals surface area contributed by atoms with Gasteiger partial charge in [-0.15, -0.1) is 0 Å². The van der Waals surface area contributed by atoms with Crippen LogP contribution in [0.3, 0.4) is 0 Å². The number of aliphatic hydroxyl groups excluding tert-OH is 1. The molecule has 2 aromatic rings. The fourth-order valence-electron chi connectivity index (χ4n) is 3.17. The molecule has 0 spiro atoms. The molecule has 0 saturated heterocycles. The summed E-state index contributed by atoms with van der Waals surface area (Å²) in [7, 11) is 1.27. The number of allylic oxidation sites excluding steroid dienone is 1. The van der Waals surface area contributed by atoms with Gasteiger partial charge in [0.2, 0.25) is 0 Å². The van der Waals surface area contributed by atoms with Gasteiger partial charge in [0.05, 0.1) is 37.8 Å². The van der Waals surface area contributed by atoms with E-state index in [9.17, 15) is 14.7 Å². The summed E-state index contributed by atoms with van der Waals surface area (Å²) in [5.74, 6) is 0.728. The van der Waals surface area contributed by atoms with Crippen molar-refractivity contribution in [2.24, 2.45) is 5.10 Å². The largest absolute Gasteiger partial charge is 0.490 e. The van der Waals surface area contributed by atoms with Gasteiger partial charge in [0.25, 0.3) is 0 Å². The van der Waals surface area contributed by atoms with E-state index in [-0.39, 0.29) is 12.2 Å². The van der Waals surface area contributed by atoms with Crippen LogP contribution in [0.4, 0.5) is 4.79 Å².